The summed E-state index contributed by atoms with van der Waals surface area (Å²) in [6.07, 6.45) is -1.66. The van der Waals surface area contributed by atoms with E-state index in [1.165, 1.54) is 0 Å². The Kier molecular flexibility index (Phi) is 8.73. The first-order chi connectivity index (χ1) is 11.7. The van der Waals surface area contributed by atoms with Crippen LogP contribution < -0.4 is 0 Å². The Morgan fingerprint density at radius 1 is 1.16 bits per heavy atom. The number of ether oxygens (including phenoxy) is 1. The standard InChI is InChI=1S/C20H32O5/c1-14(12-25-13-16-8-6-5-7-9-16)18(23)15(2)19(24)20(3,4)17(22)10-11-21/h5-9,14-15,17-18,21-23H,10-13H2,1-4H3/t14-,15+,17-,18-/m0/s1. The molecule has 0 saturated heterocycles. The Hall–Kier alpha value is -1.27. The topological polar surface area (TPSA) is 87.0 Å². The molecule has 0 aliphatic rings. The predicted molar refractivity (Wildman–Crippen MR) is 96.9 cm³/mol. The van der Waals surface area contributed by atoms with E-state index in [9.17, 15) is 15.0 Å². The second kappa shape index (κ2) is 10.0. The van der Waals surface area contributed by atoms with Gasteiger partial charge in [0.15, 0.2) is 0 Å². The molecule has 1 aromatic rings. The molecule has 0 heterocycles. The quantitative estimate of drug-likeness (QED) is 0.568. The van der Waals surface area contributed by atoms with E-state index in [4.69, 9.17) is 9.84 Å². The zero-order valence-electron chi connectivity index (χ0n) is 15.7. The molecule has 5 nitrogen and oxygen atoms in total. The van der Waals surface area contributed by atoms with Crippen molar-refractivity contribution in [1.82, 2.24) is 0 Å². The number of ketones is 1. The van der Waals surface area contributed by atoms with Crippen molar-refractivity contribution in [3.05, 3.63) is 35.9 Å². The lowest BCUT2D eigenvalue weighted by molar-refractivity contribution is -0.142. The third-order valence-corrected chi connectivity index (χ3v) is 4.87. The molecule has 0 radical (unpaired) electrons. The Labute approximate surface area is 150 Å². The van der Waals surface area contributed by atoms with Crippen LogP contribution in [0.1, 0.15) is 39.7 Å². The average Bonchev–Trinajstić information content (AvgIpc) is 2.60. The largest absolute Gasteiger partial charge is 0.396 e. The van der Waals surface area contributed by atoms with Crippen LogP contribution in [0.5, 0.6) is 0 Å². The van der Waals surface area contributed by atoms with Crippen LogP contribution in [0.3, 0.4) is 0 Å². The Morgan fingerprint density at radius 2 is 1.76 bits per heavy atom. The molecule has 0 saturated carbocycles. The van der Waals surface area contributed by atoms with Crippen molar-refractivity contribution in [2.24, 2.45) is 17.3 Å². The van der Waals surface area contributed by atoms with Gasteiger partial charge in [0, 0.05) is 23.9 Å². The maximum atomic E-state index is 12.7. The molecule has 0 unspecified atom stereocenters. The number of hydrogen-bond acceptors (Lipinski definition) is 5. The summed E-state index contributed by atoms with van der Waals surface area (Å²) in [5, 5.41) is 29.6. The fourth-order valence-corrected chi connectivity index (χ4v) is 2.92. The van der Waals surface area contributed by atoms with Crippen molar-refractivity contribution >= 4 is 5.78 Å². The molecular formula is C20H32O5. The minimum Gasteiger partial charge on any atom is -0.396 e. The van der Waals surface area contributed by atoms with Gasteiger partial charge in [-0.3, -0.25) is 4.79 Å². The molecule has 0 fully saturated rings. The van der Waals surface area contributed by atoms with E-state index in [0.29, 0.717) is 13.2 Å². The highest BCUT2D eigenvalue weighted by molar-refractivity contribution is 5.87. The van der Waals surface area contributed by atoms with E-state index in [-0.39, 0.29) is 24.7 Å². The van der Waals surface area contributed by atoms with Gasteiger partial charge in [0.05, 0.1) is 25.4 Å². The Bertz CT molecular complexity index is 514. The maximum Gasteiger partial charge on any atom is 0.146 e. The zero-order chi connectivity index (χ0) is 19.0. The van der Waals surface area contributed by atoms with E-state index >= 15 is 0 Å². The van der Waals surface area contributed by atoms with Crippen LogP contribution in [-0.2, 0) is 16.1 Å². The molecule has 25 heavy (non-hydrogen) atoms. The molecule has 0 bridgehead atoms. The highest BCUT2D eigenvalue weighted by Gasteiger charge is 2.40. The second-order valence-corrected chi connectivity index (χ2v) is 7.37. The van der Waals surface area contributed by atoms with Crippen LogP contribution in [0, 0.1) is 17.3 Å². The highest BCUT2D eigenvalue weighted by atomic mass is 16.5. The summed E-state index contributed by atoms with van der Waals surface area (Å²) in [6, 6.07) is 9.77. The molecule has 0 aromatic heterocycles. The fourth-order valence-electron chi connectivity index (χ4n) is 2.92. The van der Waals surface area contributed by atoms with E-state index in [2.05, 4.69) is 0 Å². The molecule has 5 heteroatoms. The molecule has 3 N–H and O–H groups in total. The number of carbonyl (C=O) groups is 1. The second-order valence-electron chi connectivity index (χ2n) is 7.37. The molecule has 4 atom stereocenters. The van der Waals surface area contributed by atoms with E-state index in [1.807, 2.05) is 37.3 Å². The van der Waals surface area contributed by atoms with Crippen molar-refractivity contribution in [3.63, 3.8) is 0 Å². The number of aliphatic hydroxyl groups is 3. The van der Waals surface area contributed by atoms with Crippen molar-refractivity contribution in [3.8, 4) is 0 Å². The molecular weight excluding hydrogens is 320 g/mol. The van der Waals surface area contributed by atoms with E-state index in [1.54, 1.807) is 20.8 Å². The summed E-state index contributed by atoms with van der Waals surface area (Å²) < 4.78 is 5.65. The minimum absolute atomic E-state index is 0.136. The number of Topliss-reactive ketones (excluding diaryl/α,β-unsaturated/α-hetero) is 1. The van der Waals surface area contributed by atoms with Crippen LogP contribution in [-0.4, -0.2) is 46.5 Å². The average molecular weight is 352 g/mol. The van der Waals surface area contributed by atoms with Crippen molar-refractivity contribution in [1.29, 1.82) is 0 Å². The van der Waals surface area contributed by atoms with Gasteiger partial charge in [-0.15, -0.1) is 0 Å². The lowest BCUT2D eigenvalue weighted by Gasteiger charge is -2.34. The molecule has 0 aliphatic carbocycles. The van der Waals surface area contributed by atoms with Crippen LogP contribution >= 0.6 is 0 Å². The smallest absolute Gasteiger partial charge is 0.146 e. The Balaban J connectivity index is 2.55. The van der Waals surface area contributed by atoms with Crippen LogP contribution in [0.25, 0.3) is 0 Å². The Morgan fingerprint density at radius 3 is 2.32 bits per heavy atom. The number of hydrogen-bond donors (Lipinski definition) is 3. The summed E-state index contributed by atoms with van der Waals surface area (Å²) in [5.41, 5.74) is 0.0369. The van der Waals surface area contributed by atoms with Gasteiger partial charge in [-0.25, -0.2) is 0 Å². The SMILES string of the molecule is C[C@@H](COCc1ccccc1)[C@H](O)[C@@H](C)C(=O)C(C)(C)[C@@H](O)CCO. The number of aliphatic hydroxyl groups excluding tert-OH is 3. The van der Waals surface area contributed by atoms with Crippen LogP contribution in [0.4, 0.5) is 0 Å². The molecule has 0 amide bonds. The molecule has 1 rings (SSSR count). The summed E-state index contributed by atoms with van der Waals surface area (Å²) in [5.74, 6) is -1.05. The first kappa shape index (κ1) is 21.8. The predicted octanol–water partition coefficient (Wildman–Crippen LogP) is 2.17. The monoisotopic (exact) mass is 352 g/mol. The van der Waals surface area contributed by atoms with Crippen LogP contribution in [0.15, 0.2) is 30.3 Å². The van der Waals surface area contributed by atoms with Gasteiger partial charge >= 0.3 is 0 Å². The fraction of sp³-hybridized carbons (Fsp3) is 0.650. The summed E-state index contributed by atoms with van der Waals surface area (Å²) >= 11 is 0. The summed E-state index contributed by atoms with van der Waals surface area (Å²) in [6.45, 7) is 7.43. The number of rotatable bonds is 11. The van der Waals surface area contributed by atoms with E-state index in [0.717, 1.165) is 5.56 Å². The lowest BCUT2D eigenvalue weighted by Crippen LogP contribution is -2.45. The maximum absolute atomic E-state index is 12.7. The van der Waals surface area contributed by atoms with Crippen LogP contribution in [0.2, 0.25) is 0 Å². The molecule has 0 spiro atoms. The van der Waals surface area contributed by atoms with Crippen molar-refractivity contribution < 1.29 is 24.9 Å². The van der Waals surface area contributed by atoms with Gasteiger partial charge in [-0.1, -0.05) is 58.0 Å². The van der Waals surface area contributed by atoms with E-state index < -0.39 is 23.5 Å². The summed E-state index contributed by atoms with van der Waals surface area (Å²) in [7, 11) is 0. The van der Waals surface area contributed by atoms with Gasteiger partial charge in [-0.2, -0.15) is 0 Å². The van der Waals surface area contributed by atoms with Gasteiger partial charge in [-0.05, 0) is 12.0 Å². The molecule has 1 aromatic carbocycles. The van der Waals surface area contributed by atoms with Gasteiger partial charge in [0.1, 0.15) is 5.78 Å². The third kappa shape index (κ3) is 6.19. The molecule has 142 valence electrons. The number of carbonyl (C=O) groups excluding carboxylic acids is 1. The van der Waals surface area contributed by atoms with Gasteiger partial charge < -0.3 is 20.1 Å². The molecule has 0 aliphatic heterocycles. The first-order valence-electron chi connectivity index (χ1n) is 8.84. The van der Waals surface area contributed by atoms with Crippen molar-refractivity contribution in [2.45, 2.75) is 52.9 Å². The minimum atomic E-state index is -1.02. The zero-order valence-corrected chi connectivity index (χ0v) is 15.7. The highest BCUT2D eigenvalue weighted by Crippen LogP contribution is 2.30. The first-order valence-corrected chi connectivity index (χ1v) is 8.84. The third-order valence-electron chi connectivity index (χ3n) is 4.87. The van der Waals surface area contributed by atoms with Gasteiger partial charge in [0.25, 0.3) is 0 Å². The lowest BCUT2D eigenvalue weighted by atomic mass is 9.73. The summed E-state index contributed by atoms with van der Waals surface area (Å²) in [4.78, 5) is 12.7. The van der Waals surface area contributed by atoms with Crippen molar-refractivity contribution in [2.75, 3.05) is 13.2 Å². The normalized spacial score (nSPS) is 16.9. The van der Waals surface area contributed by atoms with Gasteiger partial charge in [0.2, 0.25) is 0 Å². The number of benzene rings is 1.